The Balaban J connectivity index is 1.44. The molecule has 0 fully saturated rings. The van der Waals surface area contributed by atoms with Gasteiger partial charge in [-0.2, -0.15) is 30.7 Å². The third-order valence-electron chi connectivity index (χ3n) is 5.90. The Labute approximate surface area is 251 Å². The smallest absolute Gasteiger partial charge is 0.457 e. The highest BCUT2D eigenvalue weighted by atomic mass is 19.4. The van der Waals surface area contributed by atoms with Gasteiger partial charge >= 0.3 is 18.4 Å². The SMILES string of the molecule is FC(F)(F)c1cccc(Oc2c(Oc3ccccc3)cccc2OC(F)(F)C(F)(F)Oc2cccc(Oc3ccccc3)c2)c1. The van der Waals surface area contributed by atoms with Crippen molar-refractivity contribution < 1.29 is 54.4 Å². The van der Waals surface area contributed by atoms with Crippen molar-refractivity contribution in [2.75, 3.05) is 0 Å². The maximum atomic E-state index is 15.1. The van der Waals surface area contributed by atoms with Gasteiger partial charge in [-0.25, -0.2) is 0 Å². The van der Waals surface area contributed by atoms with Crippen molar-refractivity contribution >= 4 is 0 Å². The summed E-state index contributed by atoms with van der Waals surface area (Å²) in [6.07, 6.45) is -15.3. The Hall–Kier alpha value is -5.39. The number of benzene rings is 5. The molecule has 0 radical (unpaired) electrons. The van der Waals surface area contributed by atoms with Gasteiger partial charge in [0.1, 0.15) is 28.7 Å². The normalized spacial score (nSPS) is 11.9. The van der Waals surface area contributed by atoms with Gasteiger partial charge in [0.15, 0.2) is 11.5 Å². The highest BCUT2D eigenvalue weighted by molar-refractivity contribution is 5.55. The van der Waals surface area contributed by atoms with Crippen LogP contribution < -0.4 is 23.7 Å². The molecule has 5 nitrogen and oxygen atoms in total. The largest absolute Gasteiger partial charge is 0.507 e. The van der Waals surface area contributed by atoms with E-state index in [-0.39, 0.29) is 17.2 Å². The van der Waals surface area contributed by atoms with E-state index < -0.39 is 47.0 Å². The van der Waals surface area contributed by atoms with Crippen molar-refractivity contribution in [3.63, 3.8) is 0 Å². The fraction of sp³-hybridized carbons (Fsp3) is 0.0909. The summed E-state index contributed by atoms with van der Waals surface area (Å²) < 4.78 is 126. The van der Waals surface area contributed by atoms with Crippen molar-refractivity contribution in [3.8, 4) is 46.0 Å². The Morgan fingerprint density at radius 1 is 0.378 bits per heavy atom. The van der Waals surface area contributed by atoms with Gasteiger partial charge in [0.25, 0.3) is 0 Å². The summed E-state index contributed by atoms with van der Waals surface area (Å²) in [6, 6.07) is 27.5. The molecular weight excluding hydrogens is 609 g/mol. The van der Waals surface area contributed by atoms with Crippen molar-refractivity contribution in [2.45, 2.75) is 18.4 Å². The van der Waals surface area contributed by atoms with Crippen LogP contribution in [0, 0.1) is 0 Å². The Bertz CT molecular complexity index is 1730. The Kier molecular flexibility index (Phi) is 8.75. The first kappa shape index (κ1) is 31.0. The lowest BCUT2D eigenvalue weighted by Gasteiger charge is -2.27. The van der Waals surface area contributed by atoms with E-state index in [4.69, 9.17) is 14.2 Å². The molecule has 12 heteroatoms. The first-order valence-corrected chi connectivity index (χ1v) is 13.1. The summed E-state index contributed by atoms with van der Waals surface area (Å²) in [5.41, 5.74) is -1.10. The number of hydrogen-bond acceptors (Lipinski definition) is 5. The summed E-state index contributed by atoms with van der Waals surface area (Å²) in [7, 11) is 0. The van der Waals surface area contributed by atoms with Gasteiger partial charge in [0.2, 0.25) is 5.75 Å². The number of ether oxygens (including phenoxy) is 5. The average Bonchev–Trinajstić information content (AvgIpc) is 2.99. The summed E-state index contributed by atoms with van der Waals surface area (Å²) in [5, 5.41) is 0. The second kappa shape index (κ2) is 12.7. The van der Waals surface area contributed by atoms with Crippen LogP contribution in [0.3, 0.4) is 0 Å². The minimum absolute atomic E-state index is 0.0290. The molecule has 5 aromatic carbocycles. The molecule has 0 aromatic heterocycles. The van der Waals surface area contributed by atoms with Crippen molar-refractivity contribution in [1.29, 1.82) is 0 Å². The maximum absolute atomic E-state index is 15.1. The fourth-order valence-electron chi connectivity index (χ4n) is 3.86. The number of para-hydroxylation sites is 3. The van der Waals surface area contributed by atoms with E-state index in [0.29, 0.717) is 11.8 Å². The fourth-order valence-corrected chi connectivity index (χ4v) is 3.86. The average molecular weight is 631 g/mol. The standard InChI is InChI=1S/C33H21F7O5/c34-31(35,36)22-10-7-15-25(20-22)43-30-28(42-24-13-5-2-6-14-24)18-9-19-29(30)45-33(39,40)32(37,38)44-27-17-8-16-26(21-27)41-23-11-3-1-4-12-23/h1-21H. The van der Waals surface area contributed by atoms with Crippen LogP contribution in [0.25, 0.3) is 0 Å². The molecule has 0 saturated heterocycles. The van der Waals surface area contributed by atoms with Crippen molar-refractivity contribution in [3.05, 3.63) is 133 Å². The second-order valence-electron chi connectivity index (χ2n) is 9.25. The summed E-state index contributed by atoms with van der Waals surface area (Å²) in [4.78, 5) is 0. The molecule has 0 amide bonds. The first-order chi connectivity index (χ1) is 21.4. The van der Waals surface area contributed by atoms with Crippen LogP contribution >= 0.6 is 0 Å². The molecule has 5 aromatic rings. The molecule has 5 rings (SSSR count). The van der Waals surface area contributed by atoms with Gasteiger partial charge in [0, 0.05) is 6.07 Å². The topological polar surface area (TPSA) is 46.2 Å². The number of hydrogen-bond donors (Lipinski definition) is 0. The lowest BCUT2D eigenvalue weighted by atomic mass is 10.2. The number of rotatable bonds is 11. The third-order valence-corrected chi connectivity index (χ3v) is 5.90. The maximum Gasteiger partial charge on any atom is 0.507 e. The minimum atomic E-state index is -5.33. The van der Waals surface area contributed by atoms with Gasteiger partial charge < -0.3 is 23.7 Å². The van der Waals surface area contributed by atoms with Crippen LogP contribution in [0.5, 0.6) is 46.0 Å². The van der Waals surface area contributed by atoms with E-state index >= 15 is 8.78 Å². The van der Waals surface area contributed by atoms with Crippen LogP contribution in [0.2, 0.25) is 0 Å². The molecule has 0 aliphatic heterocycles. The predicted molar refractivity (Wildman–Crippen MR) is 149 cm³/mol. The van der Waals surface area contributed by atoms with Crippen molar-refractivity contribution in [2.24, 2.45) is 0 Å². The summed E-state index contributed by atoms with van der Waals surface area (Å²) >= 11 is 0. The molecule has 0 bridgehead atoms. The van der Waals surface area contributed by atoms with Crippen LogP contribution in [-0.2, 0) is 6.18 Å². The molecule has 232 valence electrons. The van der Waals surface area contributed by atoms with Crippen molar-refractivity contribution in [1.82, 2.24) is 0 Å². The van der Waals surface area contributed by atoms with Gasteiger partial charge in [-0.1, -0.05) is 54.6 Å². The number of alkyl halides is 7. The highest BCUT2D eigenvalue weighted by Crippen LogP contribution is 2.47. The minimum Gasteiger partial charge on any atom is -0.457 e. The molecule has 0 heterocycles. The lowest BCUT2D eigenvalue weighted by molar-refractivity contribution is -0.379. The van der Waals surface area contributed by atoms with Crippen LogP contribution in [-0.4, -0.2) is 12.2 Å². The Morgan fingerprint density at radius 3 is 1.51 bits per heavy atom. The third kappa shape index (κ3) is 7.77. The van der Waals surface area contributed by atoms with Gasteiger partial charge in [-0.15, -0.1) is 0 Å². The molecule has 0 atom stereocenters. The lowest BCUT2D eigenvalue weighted by Crippen LogP contribution is -2.49. The molecule has 0 spiro atoms. The van der Waals surface area contributed by atoms with Crippen LogP contribution in [0.15, 0.2) is 127 Å². The molecule has 0 saturated carbocycles. The van der Waals surface area contributed by atoms with E-state index in [1.807, 2.05) is 0 Å². The van der Waals surface area contributed by atoms with E-state index in [9.17, 15) is 22.0 Å². The van der Waals surface area contributed by atoms with Gasteiger partial charge in [0.05, 0.1) is 5.56 Å². The molecule has 0 aliphatic rings. The summed E-state index contributed by atoms with van der Waals surface area (Å²) in [6.45, 7) is 0. The molecule has 0 aliphatic carbocycles. The molecule has 0 unspecified atom stereocenters. The zero-order valence-corrected chi connectivity index (χ0v) is 22.8. The van der Waals surface area contributed by atoms with Crippen LogP contribution in [0.4, 0.5) is 30.7 Å². The monoisotopic (exact) mass is 630 g/mol. The molecule has 45 heavy (non-hydrogen) atoms. The first-order valence-electron chi connectivity index (χ1n) is 13.1. The zero-order valence-electron chi connectivity index (χ0n) is 22.8. The van der Waals surface area contributed by atoms with E-state index in [0.717, 1.165) is 42.5 Å². The number of halogens is 7. The predicted octanol–water partition coefficient (Wildman–Crippen LogP) is 10.7. The van der Waals surface area contributed by atoms with E-state index in [1.165, 1.54) is 30.3 Å². The van der Waals surface area contributed by atoms with E-state index in [2.05, 4.69) is 9.47 Å². The Morgan fingerprint density at radius 2 is 0.867 bits per heavy atom. The van der Waals surface area contributed by atoms with E-state index in [1.54, 1.807) is 48.5 Å². The molecule has 0 N–H and O–H groups in total. The summed E-state index contributed by atoms with van der Waals surface area (Å²) in [5.74, 6) is -2.55. The van der Waals surface area contributed by atoms with Crippen LogP contribution in [0.1, 0.15) is 5.56 Å². The highest BCUT2D eigenvalue weighted by Gasteiger charge is 2.63. The van der Waals surface area contributed by atoms with Gasteiger partial charge in [-0.3, -0.25) is 0 Å². The second-order valence-corrected chi connectivity index (χ2v) is 9.25. The van der Waals surface area contributed by atoms with Gasteiger partial charge in [-0.05, 0) is 66.7 Å². The molecular formula is C33H21F7O5. The quantitative estimate of drug-likeness (QED) is 0.136. The zero-order chi connectivity index (χ0) is 32.1.